The van der Waals surface area contributed by atoms with Crippen molar-refractivity contribution >= 4 is 44.4 Å². The van der Waals surface area contributed by atoms with Crippen LogP contribution in [0.2, 0.25) is 5.02 Å². The van der Waals surface area contributed by atoms with Crippen molar-refractivity contribution in [1.82, 2.24) is 4.98 Å². The first-order valence-electron chi connectivity index (χ1n) is 6.12. The number of benzene rings is 2. The number of carbonyl (C=O) groups is 1. The predicted molar refractivity (Wildman–Crippen MR) is 84.2 cm³/mol. The zero-order valence-electron chi connectivity index (χ0n) is 10.6. The summed E-state index contributed by atoms with van der Waals surface area (Å²) in [6, 6.07) is 14.0. The molecular formula is C16H8BrClNO2-. The summed E-state index contributed by atoms with van der Waals surface area (Å²) in [5.74, 6) is -1.25. The van der Waals surface area contributed by atoms with Gasteiger partial charge in [-0.1, -0.05) is 39.7 Å². The highest BCUT2D eigenvalue weighted by atomic mass is 79.9. The Morgan fingerprint density at radius 3 is 2.48 bits per heavy atom. The van der Waals surface area contributed by atoms with Crippen molar-refractivity contribution in [3.05, 3.63) is 63.6 Å². The number of aromatic nitrogens is 1. The third-order valence-corrected chi connectivity index (χ3v) is 3.89. The highest BCUT2D eigenvalue weighted by molar-refractivity contribution is 9.10. The summed E-state index contributed by atoms with van der Waals surface area (Å²) in [6.45, 7) is 0. The van der Waals surface area contributed by atoms with Gasteiger partial charge in [-0.25, -0.2) is 4.98 Å². The number of carboxylic acid groups (broad SMARTS) is 1. The van der Waals surface area contributed by atoms with Gasteiger partial charge in [0, 0.05) is 26.0 Å². The van der Waals surface area contributed by atoms with Gasteiger partial charge in [0.1, 0.15) is 0 Å². The molecule has 0 saturated carbocycles. The van der Waals surface area contributed by atoms with E-state index in [1.54, 1.807) is 18.2 Å². The minimum absolute atomic E-state index is 0.0837. The van der Waals surface area contributed by atoms with Crippen LogP contribution in [0.4, 0.5) is 0 Å². The molecule has 104 valence electrons. The molecule has 21 heavy (non-hydrogen) atoms. The smallest absolute Gasteiger partial charge is 0.0722 e. The second kappa shape index (κ2) is 5.47. The van der Waals surface area contributed by atoms with E-state index in [0.717, 1.165) is 10.0 Å². The summed E-state index contributed by atoms with van der Waals surface area (Å²) in [5, 5.41) is 12.3. The van der Waals surface area contributed by atoms with Crippen LogP contribution in [0.3, 0.4) is 0 Å². The van der Waals surface area contributed by atoms with Gasteiger partial charge in [0.25, 0.3) is 0 Å². The fourth-order valence-electron chi connectivity index (χ4n) is 2.14. The number of halogens is 2. The van der Waals surface area contributed by atoms with E-state index in [1.807, 2.05) is 24.3 Å². The van der Waals surface area contributed by atoms with Gasteiger partial charge in [0.2, 0.25) is 0 Å². The molecule has 0 amide bonds. The number of hydrogen-bond donors (Lipinski definition) is 0. The summed E-state index contributed by atoms with van der Waals surface area (Å²) in [7, 11) is 0. The summed E-state index contributed by atoms with van der Waals surface area (Å²) in [5.41, 5.74) is 2.06. The average Bonchev–Trinajstić information content (AvgIpc) is 2.46. The number of pyridine rings is 1. The maximum absolute atomic E-state index is 11.4. The monoisotopic (exact) mass is 360 g/mol. The molecule has 0 aliphatic heterocycles. The standard InChI is InChI=1S/C16H9BrClNO2/c17-10-3-1-9(2-4-10)15-8-13(16(20)21)12-7-11(18)5-6-14(12)19-15/h1-8H,(H,20,21)/p-1. The molecule has 5 heteroatoms. The van der Waals surface area contributed by atoms with Gasteiger partial charge >= 0.3 is 0 Å². The van der Waals surface area contributed by atoms with Crippen LogP contribution >= 0.6 is 27.5 Å². The first-order chi connectivity index (χ1) is 10.0. The minimum atomic E-state index is -1.25. The number of fused-ring (bicyclic) bond motifs is 1. The SMILES string of the molecule is O=C([O-])c1cc(-c2ccc(Br)cc2)nc2ccc(Cl)cc12. The second-order valence-electron chi connectivity index (χ2n) is 4.51. The summed E-state index contributed by atoms with van der Waals surface area (Å²) < 4.78 is 0.943. The zero-order valence-corrected chi connectivity index (χ0v) is 13.0. The molecule has 0 spiro atoms. The predicted octanol–water partition coefficient (Wildman–Crippen LogP) is 3.68. The molecule has 0 bridgehead atoms. The molecule has 0 aliphatic rings. The molecule has 3 aromatic rings. The first kappa shape index (κ1) is 14.0. The van der Waals surface area contributed by atoms with Gasteiger partial charge in [-0.2, -0.15) is 0 Å². The van der Waals surface area contributed by atoms with E-state index < -0.39 is 5.97 Å². The van der Waals surface area contributed by atoms with Crippen molar-refractivity contribution in [2.45, 2.75) is 0 Å². The topological polar surface area (TPSA) is 53.0 Å². The Kier molecular flexibility index (Phi) is 3.66. The lowest BCUT2D eigenvalue weighted by atomic mass is 10.0. The molecule has 3 rings (SSSR count). The maximum Gasteiger partial charge on any atom is 0.0722 e. The molecular weight excluding hydrogens is 354 g/mol. The molecule has 0 saturated heterocycles. The molecule has 0 aliphatic carbocycles. The van der Waals surface area contributed by atoms with Gasteiger partial charge in [-0.05, 0) is 36.4 Å². The Morgan fingerprint density at radius 2 is 1.81 bits per heavy atom. The third kappa shape index (κ3) is 2.77. The van der Waals surface area contributed by atoms with Gasteiger partial charge < -0.3 is 9.90 Å². The van der Waals surface area contributed by atoms with Crippen molar-refractivity contribution in [2.24, 2.45) is 0 Å². The third-order valence-electron chi connectivity index (χ3n) is 3.13. The fraction of sp³-hybridized carbons (Fsp3) is 0. The quantitative estimate of drug-likeness (QED) is 0.699. The van der Waals surface area contributed by atoms with Crippen LogP contribution in [-0.4, -0.2) is 11.0 Å². The van der Waals surface area contributed by atoms with E-state index in [4.69, 9.17) is 11.6 Å². The number of nitrogens with zero attached hydrogens (tertiary/aromatic N) is 1. The highest BCUT2D eigenvalue weighted by Crippen LogP contribution is 2.27. The van der Waals surface area contributed by atoms with Crippen LogP contribution in [0.25, 0.3) is 22.2 Å². The first-order valence-corrected chi connectivity index (χ1v) is 7.29. The Bertz CT molecular complexity index is 847. The van der Waals surface area contributed by atoms with Gasteiger partial charge in [0.05, 0.1) is 17.2 Å². The van der Waals surface area contributed by atoms with E-state index in [-0.39, 0.29) is 5.56 Å². The van der Waals surface area contributed by atoms with Crippen LogP contribution in [-0.2, 0) is 0 Å². The molecule has 0 fully saturated rings. The molecule has 3 nitrogen and oxygen atoms in total. The van der Waals surface area contributed by atoms with Crippen molar-refractivity contribution in [3.63, 3.8) is 0 Å². The largest absolute Gasteiger partial charge is 0.545 e. The molecule has 1 aromatic heterocycles. The van der Waals surface area contributed by atoms with Gasteiger partial charge in [-0.15, -0.1) is 0 Å². The van der Waals surface area contributed by atoms with Crippen LogP contribution in [0, 0.1) is 0 Å². The number of aromatic carboxylic acids is 1. The van der Waals surface area contributed by atoms with Crippen molar-refractivity contribution < 1.29 is 9.90 Å². The van der Waals surface area contributed by atoms with Gasteiger partial charge in [-0.3, -0.25) is 0 Å². The number of hydrogen-bond acceptors (Lipinski definition) is 3. The number of carbonyl (C=O) groups excluding carboxylic acids is 1. The number of rotatable bonds is 2. The Morgan fingerprint density at radius 1 is 1.10 bits per heavy atom. The highest BCUT2D eigenvalue weighted by Gasteiger charge is 2.09. The molecule has 0 N–H and O–H groups in total. The fourth-order valence-corrected chi connectivity index (χ4v) is 2.57. The molecule has 1 heterocycles. The summed E-state index contributed by atoms with van der Waals surface area (Å²) >= 11 is 9.29. The summed E-state index contributed by atoms with van der Waals surface area (Å²) in [6.07, 6.45) is 0. The Balaban J connectivity index is 2.28. The lowest BCUT2D eigenvalue weighted by Crippen LogP contribution is -2.22. The Hall–Kier alpha value is -1.91. The van der Waals surface area contributed by atoms with Crippen molar-refractivity contribution in [1.29, 1.82) is 0 Å². The molecule has 2 aromatic carbocycles. The normalized spacial score (nSPS) is 10.8. The van der Waals surface area contributed by atoms with Crippen molar-refractivity contribution in [3.8, 4) is 11.3 Å². The van der Waals surface area contributed by atoms with E-state index in [0.29, 0.717) is 21.6 Å². The van der Waals surface area contributed by atoms with Gasteiger partial charge in [0.15, 0.2) is 0 Å². The maximum atomic E-state index is 11.4. The van der Waals surface area contributed by atoms with E-state index in [2.05, 4.69) is 20.9 Å². The average molecular weight is 362 g/mol. The molecule has 0 unspecified atom stereocenters. The zero-order chi connectivity index (χ0) is 15.0. The lowest BCUT2D eigenvalue weighted by molar-refractivity contribution is -0.254. The van der Waals surface area contributed by atoms with E-state index in [9.17, 15) is 9.90 Å². The van der Waals surface area contributed by atoms with Crippen LogP contribution < -0.4 is 5.11 Å². The van der Waals surface area contributed by atoms with E-state index in [1.165, 1.54) is 6.07 Å². The second-order valence-corrected chi connectivity index (χ2v) is 5.86. The van der Waals surface area contributed by atoms with Crippen LogP contribution in [0.5, 0.6) is 0 Å². The molecule has 0 atom stereocenters. The van der Waals surface area contributed by atoms with E-state index >= 15 is 0 Å². The summed E-state index contributed by atoms with van der Waals surface area (Å²) in [4.78, 5) is 15.9. The van der Waals surface area contributed by atoms with Crippen molar-refractivity contribution in [2.75, 3.05) is 0 Å². The minimum Gasteiger partial charge on any atom is -0.545 e. The Labute approximate surface area is 134 Å². The van der Waals surface area contributed by atoms with Crippen LogP contribution in [0.1, 0.15) is 10.4 Å². The molecule has 0 radical (unpaired) electrons. The van der Waals surface area contributed by atoms with Crippen LogP contribution in [0.15, 0.2) is 53.0 Å². The number of carboxylic acids is 1. The lowest BCUT2D eigenvalue weighted by Gasteiger charge is -2.11.